The Balaban J connectivity index is 1.99. The van der Waals surface area contributed by atoms with Crippen LogP contribution in [0.25, 0.3) is 5.52 Å². The molecule has 2 heterocycles. The number of aromatic nitrogens is 2. The van der Waals surface area contributed by atoms with Gasteiger partial charge in [0.15, 0.2) is 22.2 Å². The van der Waals surface area contributed by atoms with Crippen molar-refractivity contribution in [3.8, 4) is 11.5 Å². The average molecular weight is 273 g/mol. The van der Waals surface area contributed by atoms with Gasteiger partial charge in [0.25, 0.3) is 5.69 Å². The zero-order valence-corrected chi connectivity index (χ0v) is 10.2. The lowest BCUT2D eigenvalue weighted by Crippen LogP contribution is -2.08. The standard InChI is InChI=1S/C13H10FN4O2/c14-10-8-9(18(15)19)3-4-12(10)20-13-2-1-7-17-11(13)5-6-16-17/h1-8H,(H2,15,19)/q+1. The van der Waals surface area contributed by atoms with Gasteiger partial charge in [-0.25, -0.2) is 8.91 Å². The van der Waals surface area contributed by atoms with Crippen LogP contribution in [0.3, 0.4) is 0 Å². The first kappa shape index (κ1) is 12.1. The van der Waals surface area contributed by atoms with Crippen molar-refractivity contribution in [3.05, 3.63) is 59.5 Å². The first-order valence-electron chi connectivity index (χ1n) is 5.77. The van der Waals surface area contributed by atoms with Crippen LogP contribution in [0.2, 0.25) is 0 Å². The molecule has 2 N–H and O–H groups in total. The predicted octanol–water partition coefficient (Wildman–Crippen LogP) is 2.55. The van der Waals surface area contributed by atoms with E-state index in [9.17, 15) is 9.30 Å². The highest BCUT2D eigenvalue weighted by Gasteiger charge is 2.15. The van der Waals surface area contributed by atoms with Gasteiger partial charge in [-0.3, -0.25) is 0 Å². The second kappa shape index (κ2) is 4.61. The van der Waals surface area contributed by atoms with Crippen LogP contribution in [-0.4, -0.2) is 14.5 Å². The lowest BCUT2D eigenvalue weighted by molar-refractivity contribution is -0.474. The summed E-state index contributed by atoms with van der Waals surface area (Å²) in [5.41, 5.74) is 0.720. The molecule has 0 fully saturated rings. The van der Waals surface area contributed by atoms with Gasteiger partial charge in [-0.05, 0) is 24.3 Å². The van der Waals surface area contributed by atoms with Crippen molar-refractivity contribution in [1.82, 2.24) is 9.61 Å². The Labute approximate surface area is 112 Å². The molecule has 0 saturated carbocycles. The lowest BCUT2D eigenvalue weighted by Gasteiger charge is -2.07. The summed E-state index contributed by atoms with van der Waals surface area (Å²) in [6, 6.07) is 8.93. The van der Waals surface area contributed by atoms with Crippen LogP contribution in [0.1, 0.15) is 0 Å². The fourth-order valence-electron chi connectivity index (χ4n) is 1.84. The molecule has 0 bridgehead atoms. The van der Waals surface area contributed by atoms with Crippen molar-refractivity contribution in [3.63, 3.8) is 0 Å². The second-order valence-corrected chi connectivity index (χ2v) is 4.08. The van der Waals surface area contributed by atoms with Gasteiger partial charge in [0.1, 0.15) is 5.52 Å². The van der Waals surface area contributed by atoms with Gasteiger partial charge in [0, 0.05) is 12.3 Å². The third kappa shape index (κ3) is 2.05. The van der Waals surface area contributed by atoms with E-state index in [0.717, 1.165) is 6.07 Å². The SMILES string of the molecule is N[N+](=O)c1ccc(Oc2cccn3nccc23)c(F)c1. The maximum atomic E-state index is 13.9. The molecule has 1 aromatic carbocycles. The molecule has 0 radical (unpaired) electrons. The molecule has 6 nitrogen and oxygen atoms in total. The summed E-state index contributed by atoms with van der Waals surface area (Å²) in [6.07, 6.45) is 3.37. The summed E-state index contributed by atoms with van der Waals surface area (Å²) in [5.74, 6) is 4.80. The average Bonchev–Trinajstić information content (AvgIpc) is 2.90. The molecule has 20 heavy (non-hydrogen) atoms. The van der Waals surface area contributed by atoms with E-state index >= 15 is 0 Å². The Morgan fingerprint density at radius 2 is 2.10 bits per heavy atom. The summed E-state index contributed by atoms with van der Waals surface area (Å²) in [7, 11) is 0. The highest BCUT2D eigenvalue weighted by Crippen LogP contribution is 2.29. The number of nitrogens with two attached hydrogens (primary N) is 1. The van der Waals surface area contributed by atoms with Crippen LogP contribution < -0.4 is 10.6 Å². The van der Waals surface area contributed by atoms with Crippen molar-refractivity contribution in [2.75, 3.05) is 0 Å². The van der Waals surface area contributed by atoms with Gasteiger partial charge in [0.05, 0.1) is 17.2 Å². The Bertz CT molecular complexity index is 800. The smallest absolute Gasteiger partial charge is 0.294 e. The molecule has 3 rings (SSSR count). The van der Waals surface area contributed by atoms with Crippen molar-refractivity contribution in [1.29, 1.82) is 0 Å². The molecule has 0 spiro atoms. The number of halogens is 1. The van der Waals surface area contributed by atoms with Gasteiger partial charge >= 0.3 is 0 Å². The molecule has 0 unspecified atom stereocenters. The highest BCUT2D eigenvalue weighted by molar-refractivity contribution is 5.60. The van der Waals surface area contributed by atoms with Gasteiger partial charge < -0.3 is 4.74 Å². The molecule has 0 amide bonds. The molecular formula is C13H10FN4O2+. The number of benzene rings is 1. The number of hydrogen-bond donors (Lipinski definition) is 1. The van der Waals surface area contributed by atoms with Crippen molar-refractivity contribution in [2.24, 2.45) is 5.84 Å². The van der Waals surface area contributed by atoms with E-state index in [1.165, 1.54) is 12.1 Å². The fourth-order valence-corrected chi connectivity index (χ4v) is 1.84. The number of ether oxygens (including phenoxy) is 1. The van der Waals surface area contributed by atoms with E-state index in [1.54, 1.807) is 35.1 Å². The van der Waals surface area contributed by atoms with Crippen LogP contribution in [0.15, 0.2) is 48.8 Å². The van der Waals surface area contributed by atoms with Crippen LogP contribution >= 0.6 is 0 Å². The zero-order chi connectivity index (χ0) is 14.1. The summed E-state index contributed by atoms with van der Waals surface area (Å²) in [6.45, 7) is 0. The fraction of sp³-hybridized carbons (Fsp3) is 0. The van der Waals surface area contributed by atoms with Crippen LogP contribution in [0, 0.1) is 10.7 Å². The Morgan fingerprint density at radius 3 is 2.85 bits per heavy atom. The summed E-state index contributed by atoms with van der Waals surface area (Å²) >= 11 is 0. The minimum atomic E-state index is -0.671. The second-order valence-electron chi connectivity index (χ2n) is 4.08. The van der Waals surface area contributed by atoms with Crippen molar-refractivity contribution in [2.45, 2.75) is 0 Å². The molecule has 0 aliphatic carbocycles. The normalized spacial score (nSPS) is 10.7. The largest absolute Gasteiger partial charge is 0.452 e. The molecule has 0 saturated heterocycles. The highest BCUT2D eigenvalue weighted by atomic mass is 19.1. The van der Waals surface area contributed by atoms with Gasteiger partial charge in [-0.2, -0.15) is 10.9 Å². The summed E-state index contributed by atoms with van der Waals surface area (Å²) < 4.78 is 21.0. The van der Waals surface area contributed by atoms with Crippen LogP contribution in [0.4, 0.5) is 10.1 Å². The van der Waals surface area contributed by atoms with E-state index in [-0.39, 0.29) is 16.3 Å². The lowest BCUT2D eigenvalue weighted by atomic mass is 10.3. The van der Waals surface area contributed by atoms with E-state index in [1.807, 2.05) is 0 Å². The van der Waals surface area contributed by atoms with E-state index < -0.39 is 5.82 Å². The third-order valence-electron chi connectivity index (χ3n) is 2.79. The van der Waals surface area contributed by atoms with Gasteiger partial charge in [-0.1, -0.05) is 0 Å². The third-order valence-corrected chi connectivity index (χ3v) is 2.79. The number of hydrogen-bond acceptors (Lipinski definition) is 3. The maximum Gasteiger partial charge on any atom is 0.294 e. The zero-order valence-electron chi connectivity index (χ0n) is 10.2. The minimum Gasteiger partial charge on any atom is -0.452 e. The molecule has 0 aliphatic heterocycles. The first-order valence-corrected chi connectivity index (χ1v) is 5.77. The number of rotatable bonds is 3. The van der Waals surface area contributed by atoms with E-state index in [0.29, 0.717) is 11.3 Å². The van der Waals surface area contributed by atoms with E-state index in [4.69, 9.17) is 10.6 Å². The van der Waals surface area contributed by atoms with Crippen molar-refractivity contribution < 1.29 is 14.0 Å². The Hall–Kier alpha value is -2.96. The van der Waals surface area contributed by atoms with Crippen LogP contribution in [-0.2, 0) is 0 Å². The number of hydrazine groups is 1. The molecule has 0 atom stereocenters. The summed E-state index contributed by atoms with van der Waals surface area (Å²) in [5, 5.41) is 4.06. The Morgan fingerprint density at radius 1 is 1.25 bits per heavy atom. The molecule has 2 aromatic heterocycles. The van der Waals surface area contributed by atoms with Gasteiger partial charge in [-0.15, -0.1) is 0 Å². The van der Waals surface area contributed by atoms with Crippen molar-refractivity contribution >= 4 is 11.2 Å². The number of pyridine rings is 1. The Kier molecular flexibility index (Phi) is 2.79. The topological polar surface area (TPSA) is 72.6 Å². The van der Waals surface area contributed by atoms with E-state index in [2.05, 4.69) is 5.10 Å². The number of nitrogens with zero attached hydrogens (tertiary/aromatic N) is 3. The molecule has 3 aromatic rings. The predicted molar refractivity (Wildman–Crippen MR) is 69.1 cm³/mol. The molecule has 100 valence electrons. The van der Waals surface area contributed by atoms with Gasteiger partial charge in [0.2, 0.25) is 0 Å². The number of nitroso groups, excluding NO2 is 1. The number of fused-ring (bicyclic) bond motifs is 1. The monoisotopic (exact) mass is 273 g/mol. The molecular weight excluding hydrogens is 263 g/mol. The maximum absolute atomic E-state index is 13.9. The van der Waals surface area contributed by atoms with Crippen LogP contribution in [0.5, 0.6) is 11.5 Å². The quantitative estimate of drug-likeness (QED) is 0.452. The molecule has 0 aliphatic rings. The molecule has 7 heteroatoms. The summed E-state index contributed by atoms with van der Waals surface area (Å²) in [4.78, 5) is 11.0. The first-order chi connectivity index (χ1) is 9.65. The minimum absolute atomic E-state index is 0.00454.